The van der Waals surface area contributed by atoms with Crippen molar-refractivity contribution in [2.45, 2.75) is 32.3 Å². The van der Waals surface area contributed by atoms with Crippen molar-refractivity contribution in [3.8, 4) is 11.5 Å². The van der Waals surface area contributed by atoms with Crippen LogP contribution in [0.4, 0.5) is 4.79 Å². The molecule has 4 aromatic rings. The summed E-state index contributed by atoms with van der Waals surface area (Å²) in [5.41, 5.74) is 2.32. The van der Waals surface area contributed by atoms with E-state index in [1.54, 1.807) is 23.9 Å². The predicted molar refractivity (Wildman–Crippen MR) is 143 cm³/mol. The van der Waals surface area contributed by atoms with Crippen LogP contribution in [0.1, 0.15) is 34.6 Å². The number of nitrogens with zero attached hydrogens (tertiary/aromatic N) is 3. The van der Waals surface area contributed by atoms with E-state index in [4.69, 9.17) is 14.6 Å². The molecule has 37 heavy (non-hydrogen) atoms. The molecule has 0 radical (unpaired) electrons. The summed E-state index contributed by atoms with van der Waals surface area (Å²) in [6, 6.07) is 11.0. The second-order valence-electron chi connectivity index (χ2n) is 9.14. The first-order valence-corrected chi connectivity index (χ1v) is 13.2. The third kappa shape index (κ3) is 5.18. The lowest BCUT2D eigenvalue weighted by molar-refractivity contribution is 0.0728. The van der Waals surface area contributed by atoms with E-state index in [0.717, 1.165) is 34.1 Å². The molecule has 1 atom stereocenters. The quantitative estimate of drug-likeness (QED) is 0.329. The van der Waals surface area contributed by atoms with Gasteiger partial charge in [0, 0.05) is 56.7 Å². The van der Waals surface area contributed by atoms with Gasteiger partial charge in [0.1, 0.15) is 11.5 Å². The second kappa shape index (κ2) is 10.9. The zero-order valence-corrected chi connectivity index (χ0v) is 21.7. The van der Waals surface area contributed by atoms with E-state index in [1.807, 2.05) is 42.2 Å². The van der Waals surface area contributed by atoms with Gasteiger partial charge in [-0.1, -0.05) is 0 Å². The van der Waals surface area contributed by atoms with E-state index in [1.165, 1.54) is 11.3 Å². The number of nitrogens with one attached hydrogen (secondary N) is 1. The Kier molecular flexibility index (Phi) is 7.40. The number of ether oxygens (including phenoxy) is 2. The Bertz CT molecular complexity index is 1450. The number of rotatable bonds is 8. The Balaban J connectivity index is 1.36. The number of likely N-dealkylation sites (tertiary alicyclic amines) is 1. The number of carbonyl (C=O) groups is 2. The van der Waals surface area contributed by atoms with E-state index in [2.05, 4.69) is 10.3 Å². The standard InChI is InChI=1S/C27H30N4O5S/c1-17-13-18-14-19(5-6-22(18)31(17)27(34)29-9-3-4-12-32)36-23-7-10-28-21-15-24(37-25(21)23)26(33)30-11-8-20(16-30)35-2/h5-7,10,13-15,20,32H,3-4,8-9,11-12,16H2,1-2H3,(H,29,34). The van der Waals surface area contributed by atoms with Crippen LogP contribution in [-0.4, -0.2) is 71.0 Å². The summed E-state index contributed by atoms with van der Waals surface area (Å²) in [6.07, 6.45) is 3.98. The van der Waals surface area contributed by atoms with Gasteiger partial charge in [-0.2, -0.15) is 0 Å². The molecule has 3 aromatic heterocycles. The Hall–Kier alpha value is -3.47. The van der Waals surface area contributed by atoms with E-state index >= 15 is 0 Å². The van der Waals surface area contributed by atoms with Gasteiger partial charge in [0.05, 0.1) is 26.7 Å². The minimum Gasteiger partial charge on any atom is -0.456 e. The van der Waals surface area contributed by atoms with Crippen LogP contribution in [0.2, 0.25) is 0 Å². The van der Waals surface area contributed by atoms with Gasteiger partial charge in [-0.3, -0.25) is 14.3 Å². The van der Waals surface area contributed by atoms with Gasteiger partial charge < -0.3 is 24.8 Å². The highest BCUT2D eigenvalue weighted by molar-refractivity contribution is 7.21. The second-order valence-corrected chi connectivity index (χ2v) is 10.2. The number of benzene rings is 1. The van der Waals surface area contributed by atoms with Crippen molar-refractivity contribution in [1.82, 2.24) is 19.8 Å². The van der Waals surface area contributed by atoms with Crippen LogP contribution in [0.5, 0.6) is 11.5 Å². The van der Waals surface area contributed by atoms with E-state index < -0.39 is 0 Å². The lowest BCUT2D eigenvalue weighted by Gasteiger charge is -2.14. The molecule has 5 rings (SSSR count). The molecule has 2 amide bonds. The maximum absolute atomic E-state index is 13.0. The fraction of sp³-hybridized carbons (Fsp3) is 0.370. The van der Waals surface area contributed by atoms with Crippen LogP contribution in [0.3, 0.4) is 0 Å². The van der Waals surface area contributed by atoms with E-state index in [-0.39, 0.29) is 24.6 Å². The smallest absolute Gasteiger partial charge is 0.326 e. The van der Waals surface area contributed by atoms with Gasteiger partial charge in [0.15, 0.2) is 0 Å². The number of aliphatic hydroxyl groups is 1. The number of thiophene rings is 1. The highest BCUT2D eigenvalue weighted by atomic mass is 32.1. The number of aliphatic hydroxyl groups excluding tert-OH is 1. The highest BCUT2D eigenvalue weighted by Crippen LogP contribution is 2.36. The molecule has 1 aliphatic rings. The maximum atomic E-state index is 13.0. The average Bonchev–Trinajstić information content (AvgIpc) is 3.62. The average molecular weight is 523 g/mol. The molecule has 2 N–H and O–H groups in total. The maximum Gasteiger partial charge on any atom is 0.326 e. The zero-order valence-electron chi connectivity index (χ0n) is 20.9. The lowest BCUT2D eigenvalue weighted by atomic mass is 10.2. The molecular weight excluding hydrogens is 492 g/mol. The highest BCUT2D eigenvalue weighted by Gasteiger charge is 2.28. The van der Waals surface area contributed by atoms with E-state index in [0.29, 0.717) is 47.9 Å². The Morgan fingerprint density at radius 2 is 2.08 bits per heavy atom. The first-order valence-electron chi connectivity index (χ1n) is 12.4. The van der Waals surface area contributed by atoms with Gasteiger partial charge in [0.25, 0.3) is 5.91 Å². The molecule has 9 nitrogen and oxygen atoms in total. The van der Waals surface area contributed by atoms with Gasteiger partial charge in [0.2, 0.25) is 0 Å². The number of amides is 2. The molecule has 194 valence electrons. The molecule has 1 saturated heterocycles. The van der Waals surface area contributed by atoms with Crippen LogP contribution in [0.15, 0.2) is 42.6 Å². The Morgan fingerprint density at radius 1 is 1.22 bits per heavy atom. The molecule has 1 aromatic carbocycles. The Labute approximate surface area is 218 Å². The first-order chi connectivity index (χ1) is 18.0. The predicted octanol–water partition coefficient (Wildman–Crippen LogP) is 4.54. The van der Waals surface area contributed by atoms with Crippen LogP contribution in [-0.2, 0) is 4.74 Å². The van der Waals surface area contributed by atoms with Crippen molar-refractivity contribution in [2.24, 2.45) is 0 Å². The van der Waals surface area contributed by atoms with Crippen LogP contribution in [0, 0.1) is 6.92 Å². The van der Waals surface area contributed by atoms with Crippen molar-refractivity contribution < 1.29 is 24.2 Å². The summed E-state index contributed by atoms with van der Waals surface area (Å²) in [5, 5.41) is 12.7. The van der Waals surface area contributed by atoms with Crippen molar-refractivity contribution in [1.29, 1.82) is 0 Å². The van der Waals surface area contributed by atoms with Crippen LogP contribution in [0.25, 0.3) is 21.1 Å². The van der Waals surface area contributed by atoms with Crippen molar-refractivity contribution in [3.63, 3.8) is 0 Å². The summed E-state index contributed by atoms with van der Waals surface area (Å²) in [4.78, 5) is 32.7. The first kappa shape index (κ1) is 25.2. The summed E-state index contributed by atoms with van der Waals surface area (Å²) >= 11 is 1.38. The van der Waals surface area contributed by atoms with Gasteiger partial charge in [-0.25, -0.2) is 4.79 Å². The van der Waals surface area contributed by atoms with E-state index in [9.17, 15) is 9.59 Å². The van der Waals surface area contributed by atoms with Gasteiger partial charge in [-0.15, -0.1) is 11.3 Å². The van der Waals surface area contributed by atoms with Crippen molar-refractivity contribution >= 4 is 44.4 Å². The molecule has 0 bridgehead atoms. The minimum absolute atomic E-state index is 0.0126. The third-order valence-electron chi connectivity index (χ3n) is 6.60. The molecule has 4 heterocycles. The van der Waals surface area contributed by atoms with Gasteiger partial charge >= 0.3 is 6.03 Å². The SMILES string of the molecule is COC1CCN(C(=O)c2cc3nccc(Oc4ccc5c(c4)cc(C)n5C(=O)NCCCCO)c3s2)C1. The molecule has 0 aliphatic carbocycles. The van der Waals surface area contributed by atoms with Crippen molar-refractivity contribution in [3.05, 3.63) is 53.2 Å². The number of aromatic nitrogens is 2. The molecule has 1 fully saturated rings. The molecule has 1 unspecified atom stereocenters. The summed E-state index contributed by atoms with van der Waals surface area (Å²) in [7, 11) is 1.68. The van der Waals surface area contributed by atoms with Gasteiger partial charge in [-0.05, 0) is 56.5 Å². The van der Waals surface area contributed by atoms with Crippen LogP contribution >= 0.6 is 11.3 Å². The number of pyridine rings is 1. The largest absolute Gasteiger partial charge is 0.456 e. The lowest BCUT2D eigenvalue weighted by Crippen LogP contribution is -2.30. The molecule has 1 aliphatic heterocycles. The number of hydrogen-bond acceptors (Lipinski definition) is 7. The number of aryl methyl sites for hydroxylation is 1. The number of carbonyl (C=O) groups excluding carboxylic acids is 2. The zero-order chi connectivity index (χ0) is 25.9. The number of fused-ring (bicyclic) bond motifs is 2. The monoisotopic (exact) mass is 522 g/mol. The molecule has 0 saturated carbocycles. The van der Waals surface area contributed by atoms with Crippen molar-refractivity contribution in [2.75, 3.05) is 33.4 Å². The normalized spacial score (nSPS) is 15.5. The minimum atomic E-state index is -0.194. The molecular formula is C27H30N4O5S. The number of methoxy groups -OCH3 is 1. The molecule has 10 heteroatoms. The number of unbranched alkanes of at least 4 members (excludes halogenated alkanes) is 1. The topological polar surface area (TPSA) is 106 Å². The summed E-state index contributed by atoms with van der Waals surface area (Å²) in [6.45, 7) is 3.79. The Morgan fingerprint density at radius 3 is 2.86 bits per heavy atom. The van der Waals surface area contributed by atoms with Crippen LogP contribution < -0.4 is 10.1 Å². The molecule has 0 spiro atoms. The fourth-order valence-electron chi connectivity index (χ4n) is 4.66. The summed E-state index contributed by atoms with van der Waals surface area (Å²) in [5.74, 6) is 1.24. The number of hydrogen-bond donors (Lipinski definition) is 2. The summed E-state index contributed by atoms with van der Waals surface area (Å²) < 4.78 is 14.1. The fourth-order valence-corrected chi connectivity index (χ4v) is 5.70. The third-order valence-corrected chi connectivity index (χ3v) is 7.73.